The lowest BCUT2D eigenvalue weighted by molar-refractivity contribution is -0.121. The molecule has 1 aromatic heterocycles. The van der Waals surface area contributed by atoms with Gasteiger partial charge in [0.1, 0.15) is 11.3 Å². The van der Waals surface area contributed by atoms with Crippen molar-refractivity contribution in [3.8, 4) is 0 Å². The third-order valence-electron chi connectivity index (χ3n) is 2.99. The molecule has 0 spiro atoms. The predicted molar refractivity (Wildman–Crippen MR) is 74.7 cm³/mol. The van der Waals surface area contributed by atoms with Crippen LogP contribution in [0.25, 0.3) is 10.9 Å². The third kappa shape index (κ3) is 3.74. The van der Waals surface area contributed by atoms with Gasteiger partial charge in [0.15, 0.2) is 0 Å². The van der Waals surface area contributed by atoms with Gasteiger partial charge in [-0.15, -0.1) is 0 Å². The smallest absolute Gasteiger partial charge is 0.220 e. The number of benzene rings is 1. The Morgan fingerprint density at radius 2 is 2.15 bits per heavy atom. The largest absolute Gasteiger partial charge is 0.396 e. The number of aliphatic hydroxyl groups excluding tert-OH is 1. The first-order valence-corrected chi connectivity index (χ1v) is 6.62. The first-order chi connectivity index (χ1) is 9.70. The summed E-state index contributed by atoms with van der Waals surface area (Å²) in [5.41, 5.74) is 1.03. The van der Waals surface area contributed by atoms with E-state index in [1.165, 1.54) is 6.07 Å². The summed E-state index contributed by atoms with van der Waals surface area (Å²) in [6, 6.07) is 8.44. The topological polar surface area (TPSA) is 62.2 Å². The highest BCUT2D eigenvalue weighted by Crippen LogP contribution is 2.16. The minimum Gasteiger partial charge on any atom is -0.396 e. The van der Waals surface area contributed by atoms with Gasteiger partial charge in [-0.05, 0) is 25.0 Å². The first-order valence-electron chi connectivity index (χ1n) is 6.62. The van der Waals surface area contributed by atoms with Gasteiger partial charge in [-0.25, -0.2) is 9.37 Å². The highest BCUT2D eigenvalue weighted by Gasteiger charge is 2.06. The molecule has 0 fully saturated rings. The number of aliphatic hydroxyl groups is 1. The van der Waals surface area contributed by atoms with Crippen molar-refractivity contribution >= 4 is 16.8 Å². The molecule has 5 heteroatoms. The third-order valence-corrected chi connectivity index (χ3v) is 2.99. The predicted octanol–water partition coefficient (Wildman–Crippen LogP) is 1.81. The van der Waals surface area contributed by atoms with Gasteiger partial charge in [-0.2, -0.15) is 0 Å². The molecule has 2 aromatic rings. The van der Waals surface area contributed by atoms with E-state index in [1.807, 2.05) is 12.1 Å². The number of fused-ring (bicyclic) bond motifs is 1. The standard InChI is InChI=1S/C15H17FN2O2/c16-13-4-1-3-11-5-6-12(18-15(11)13)7-8-14(20)17-9-2-10-19/h1,3-6,19H,2,7-10H2,(H,17,20). The Bertz CT molecular complexity index is 601. The molecule has 1 aromatic carbocycles. The van der Waals surface area contributed by atoms with Gasteiger partial charge in [-0.1, -0.05) is 18.2 Å². The summed E-state index contributed by atoms with van der Waals surface area (Å²) >= 11 is 0. The van der Waals surface area contributed by atoms with Gasteiger partial charge in [0.05, 0.1) is 0 Å². The maximum absolute atomic E-state index is 13.6. The molecule has 0 saturated carbocycles. The van der Waals surface area contributed by atoms with Crippen molar-refractivity contribution in [3.63, 3.8) is 0 Å². The van der Waals surface area contributed by atoms with E-state index in [9.17, 15) is 9.18 Å². The van der Waals surface area contributed by atoms with Crippen LogP contribution in [0.2, 0.25) is 0 Å². The van der Waals surface area contributed by atoms with Crippen molar-refractivity contribution < 1.29 is 14.3 Å². The average molecular weight is 276 g/mol. The van der Waals surface area contributed by atoms with Crippen molar-refractivity contribution in [2.45, 2.75) is 19.3 Å². The minimum atomic E-state index is -0.350. The summed E-state index contributed by atoms with van der Waals surface area (Å²) in [6.07, 6.45) is 1.32. The van der Waals surface area contributed by atoms with E-state index in [1.54, 1.807) is 12.1 Å². The molecule has 4 nitrogen and oxygen atoms in total. The van der Waals surface area contributed by atoms with Crippen LogP contribution >= 0.6 is 0 Å². The second-order valence-corrected chi connectivity index (χ2v) is 4.54. The molecule has 2 rings (SSSR count). The monoisotopic (exact) mass is 276 g/mol. The van der Waals surface area contributed by atoms with E-state index in [0.717, 1.165) is 5.39 Å². The van der Waals surface area contributed by atoms with E-state index in [4.69, 9.17) is 5.11 Å². The highest BCUT2D eigenvalue weighted by atomic mass is 19.1. The number of aryl methyl sites for hydroxylation is 1. The molecule has 0 aliphatic rings. The van der Waals surface area contributed by atoms with Crippen molar-refractivity contribution in [1.82, 2.24) is 10.3 Å². The molecular formula is C15H17FN2O2. The summed E-state index contributed by atoms with van der Waals surface area (Å²) in [7, 11) is 0. The summed E-state index contributed by atoms with van der Waals surface area (Å²) in [4.78, 5) is 15.8. The number of pyridine rings is 1. The molecule has 20 heavy (non-hydrogen) atoms. The van der Waals surface area contributed by atoms with Gasteiger partial charge in [0.2, 0.25) is 5.91 Å². The Morgan fingerprint density at radius 3 is 2.95 bits per heavy atom. The first kappa shape index (κ1) is 14.4. The van der Waals surface area contributed by atoms with Gasteiger partial charge in [0.25, 0.3) is 0 Å². The number of carbonyl (C=O) groups excluding carboxylic acids is 1. The molecule has 0 bridgehead atoms. The molecule has 2 N–H and O–H groups in total. The molecule has 0 atom stereocenters. The Labute approximate surface area is 116 Å². The summed E-state index contributed by atoms with van der Waals surface area (Å²) in [5.74, 6) is -0.439. The van der Waals surface area contributed by atoms with Crippen LogP contribution in [-0.4, -0.2) is 29.1 Å². The Balaban J connectivity index is 1.96. The molecular weight excluding hydrogens is 259 g/mol. The molecule has 1 amide bonds. The van der Waals surface area contributed by atoms with Crippen LogP contribution in [-0.2, 0) is 11.2 Å². The number of hydrogen-bond donors (Lipinski definition) is 2. The molecule has 1 heterocycles. The molecule has 0 aliphatic carbocycles. The van der Waals surface area contributed by atoms with Crippen molar-refractivity contribution in [1.29, 1.82) is 0 Å². The van der Waals surface area contributed by atoms with E-state index in [0.29, 0.717) is 37.0 Å². The van der Waals surface area contributed by atoms with Crippen LogP contribution < -0.4 is 5.32 Å². The number of halogens is 1. The normalized spacial score (nSPS) is 10.7. The summed E-state index contributed by atoms with van der Waals surface area (Å²) in [5, 5.41) is 12.1. The molecule has 106 valence electrons. The number of amides is 1. The van der Waals surface area contributed by atoms with Crippen LogP contribution in [0.1, 0.15) is 18.5 Å². The molecule has 0 radical (unpaired) electrons. The Morgan fingerprint density at radius 1 is 1.30 bits per heavy atom. The van der Waals surface area contributed by atoms with Gasteiger partial charge >= 0.3 is 0 Å². The second kappa shape index (κ2) is 6.96. The zero-order chi connectivity index (χ0) is 14.4. The lowest BCUT2D eigenvalue weighted by Gasteiger charge is -2.05. The van der Waals surface area contributed by atoms with Crippen LogP contribution in [0, 0.1) is 5.82 Å². The second-order valence-electron chi connectivity index (χ2n) is 4.54. The van der Waals surface area contributed by atoms with Crippen LogP contribution in [0.4, 0.5) is 4.39 Å². The summed E-state index contributed by atoms with van der Waals surface area (Å²) in [6.45, 7) is 0.529. The Hall–Kier alpha value is -2.01. The van der Waals surface area contributed by atoms with Crippen LogP contribution in [0.15, 0.2) is 30.3 Å². The number of para-hydroxylation sites is 1. The zero-order valence-corrected chi connectivity index (χ0v) is 11.1. The SMILES string of the molecule is O=C(CCc1ccc2cccc(F)c2n1)NCCCO. The van der Waals surface area contributed by atoms with Crippen LogP contribution in [0.3, 0.4) is 0 Å². The minimum absolute atomic E-state index is 0.0613. The van der Waals surface area contributed by atoms with Gasteiger partial charge in [0, 0.05) is 30.7 Å². The number of aromatic nitrogens is 1. The molecule has 0 unspecified atom stereocenters. The van der Waals surface area contributed by atoms with E-state index < -0.39 is 0 Å². The van der Waals surface area contributed by atoms with E-state index >= 15 is 0 Å². The fourth-order valence-corrected chi connectivity index (χ4v) is 1.93. The Kier molecular flexibility index (Phi) is 5.01. The van der Waals surface area contributed by atoms with Crippen molar-refractivity contribution in [3.05, 3.63) is 41.8 Å². The number of hydrogen-bond acceptors (Lipinski definition) is 3. The van der Waals surface area contributed by atoms with Crippen LogP contribution in [0.5, 0.6) is 0 Å². The molecule has 0 aliphatic heterocycles. The lowest BCUT2D eigenvalue weighted by atomic mass is 10.1. The lowest BCUT2D eigenvalue weighted by Crippen LogP contribution is -2.25. The van der Waals surface area contributed by atoms with Gasteiger partial charge < -0.3 is 10.4 Å². The maximum Gasteiger partial charge on any atom is 0.220 e. The average Bonchev–Trinajstić information content (AvgIpc) is 2.46. The number of carbonyl (C=O) groups is 1. The number of nitrogens with zero attached hydrogens (tertiary/aromatic N) is 1. The van der Waals surface area contributed by atoms with E-state index in [-0.39, 0.29) is 18.3 Å². The van der Waals surface area contributed by atoms with E-state index in [2.05, 4.69) is 10.3 Å². The van der Waals surface area contributed by atoms with Crippen molar-refractivity contribution in [2.24, 2.45) is 0 Å². The van der Waals surface area contributed by atoms with Crippen molar-refractivity contribution in [2.75, 3.05) is 13.2 Å². The highest BCUT2D eigenvalue weighted by molar-refractivity contribution is 5.79. The molecule has 0 saturated heterocycles. The maximum atomic E-state index is 13.6. The summed E-state index contributed by atoms with van der Waals surface area (Å²) < 4.78 is 13.6. The fraction of sp³-hybridized carbons (Fsp3) is 0.333. The number of nitrogens with one attached hydrogen (secondary N) is 1. The number of rotatable bonds is 6. The quantitative estimate of drug-likeness (QED) is 0.791. The fourth-order valence-electron chi connectivity index (χ4n) is 1.93. The zero-order valence-electron chi connectivity index (χ0n) is 11.1. The van der Waals surface area contributed by atoms with Gasteiger partial charge in [-0.3, -0.25) is 4.79 Å².